The molecule has 0 saturated carbocycles. The zero-order valence-corrected chi connectivity index (χ0v) is 15.2. The summed E-state index contributed by atoms with van der Waals surface area (Å²) in [5.74, 6) is -1.07. The van der Waals surface area contributed by atoms with Crippen LogP contribution in [0.4, 0.5) is 4.39 Å². The number of carbonyl (C=O) groups is 2. The zero-order chi connectivity index (χ0) is 18.8. The lowest BCUT2D eigenvalue weighted by atomic mass is 10.1. The molecule has 2 aromatic rings. The van der Waals surface area contributed by atoms with E-state index in [0.29, 0.717) is 11.1 Å². The molecular weight excluding hydrogens is 319 g/mol. The Bertz CT molecular complexity index is 762. The van der Waals surface area contributed by atoms with Crippen LogP contribution in [0.5, 0.6) is 0 Å². The number of benzene rings is 2. The normalized spacial score (nSPS) is 11.1. The topological polar surface area (TPSA) is 40.6 Å². The molecule has 2 rings (SSSR count). The van der Waals surface area contributed by atoms with Gasteiger partial charge in [-0.25, -0.2) is 14.4 Å². The third kappa shape index (κ3) is 4.24. The molecule has 0 bridgehead atoms. The maximum atomic E-state index is 13.1. The van der Waals surface area contributed by atoms with Crippen LogP contribution in [-0.2, 0) is 0 Å². The van der Waals surface area contributed by atoms with E-state index in [-0.39, 0.29) is 11.8 Å². The van der Waals surface area contributed by atoms with Gasteiger partial charge in [-0.3, -0.25) is 9.59 Å². The molecule has 132 valence electrons. The van der Waals surface area contributed by atoms with Crippen LogP contribution in [0.15, 0.2) is 48.5 Å². The van der Waals surface area contributed by atoms with E-state index in [9.17, 15) is 14.0 Å². The first kappa shape index (κ1) is 18.6. The van der Waals surface area contributed by atoms with Crippen molar-refractivity contribution in [3.63, 3.8) is 0 Å². The fourth-order valence-corrected chi connectivity index (χ4v) is 2.58. The van der Waals surface area contributed by atoms with Gasteiger partial charge in [0.2, 0.25) is 0 Å². The highest BCUT2D eigenvalue weighted by molar-refractivity contribution is 5.99. The zero-order valence-electron chi connectivity index (χ0n) is 15.2. The number of carbonyl (C=O) groups excluding carboxylic acids is 2. The molecule has 0 heterocycles. The van der Waals surface area contributed by atoms with Crippen LogP contribution >= 0.6 is 0 Å². The van der Waals surface area contributed by atoms with E-state index in [0.717, 1.165) is 5.56 Å². The molecule has 0 atom stereocenters. The molecule has 0 spiro atoms. The van der Waals surface area contributed by atoms with E-state index >= 15 is 0 Å². The van der Waals surface area contributed by atoms with Gasteiger partial charge in [-0.15, -0.1) is 0 Å². The Morgan fingerprint density at radius 1 is 0.840 bits per heavy atom. The summed E-state index contributed by atoms with van der Waals surface area (Å²) in [6.07, 6.45) is 0. The molecule has 0 aliphatic carbocycles. The molecule has 0 unspecified atom stereocenters. The smallest absolute Gasteiger partial charge is 0.267 e. The number of hydrazine groups is 1. The number of aryl methyl sites for hydroxylation is 1. The third-order valence-corrected chi connectivity index (χ3v) is 3.81. The lowest BCUT2D eigenvalue weighted by Gasteiger charge is -2.41. The van der Waals surface area contributed by atoms with Gasteiger partial charge >= 0.3 is 0 Å². The van der Waals surface area contributed by atoms with Crippen LogP contribution < -0.4 is 0 Å². The Labute approximate surface area is 147 Å². The van der Waals surface area contributed by atoms with E-state index in [1.165, 1.54) is 34.3 Å². The van der Waals surface area contributed by atoms with Crippen molar-refractivity contribution >= 4 is 11.8 Å². The SMILES string of the molecule is Cc1ccc(C(=O)N(C)N(C(=O)c2ccc(F)cc2)C(C)(C)C)cc1. The molecule has 2 aromatic carbocycles. The summed E-state index contributed by atoms with van der Waals surface area (Å²) in [7, 11) is 1.56. The minimum atomic E-state index is -0.638. The Morgan fingerprint density at radius 2 is 1.28 bits per heavy atom. The van der Waals surface area contributed by atoms with Crippen molar-refractivity contribution in [1.82, 2.24) is 10.0 Å². The van der Waals surface area contributed by atoms with Crippen molar-refractivity contribution in [2.75, 3.05) is 7.05 Å². The molecule has 25 heavy (non-hydrogen) atoms. The van der Waals surface area contributed by atoms with Crippen LogP contribution in [0, 0.1) is 12.7 Å². The molecular formula is C20H23FN2O2. The van der Waals surface area contributed by atoms with Gasteiger partial charge in [-0.1, -0.05) is 17.7 Å². The van der Waals surface area contributed by atoms with Crippen LogP contribution in [0.1, 0.15) is 47.1 Å². The first-order chi connectivity index (χ1) is 11.6. The highest BCUT2D eigenvalue weighted by atomic mass is 19.1. The van der Waals surface area contributed by atoms with Crippen LogP contribution in [0.2, 0.25) is 0 Å². The maximum absolute atomic E-state index is 13.1. The average molecular weight is 342 g/mol. The fourth-order valence-electron chi connectivity index (χ4n) is 2.58. The average Bonchev–Trinajstić information content (AvgIpc) is 2.54. The predicted molar refractivity (Wildman–Crippen MR) is 95.6 cm³/mol. The minimum absolute atomic E-state index is 0.287. The Balaban J connectivity index is 2.36. The summed E-state index contributed by atoms with van der Waals surface area (Å²) in [6, 6.07) is 12.5. The van der Waals surface area contributed by atoms with Crippen molar-refractivity contribution in [3.8, 4) is 0 Å². The van der Waals surface area contributed by atoms with Gasteiger partial charge in [0.25, 0.3) is 11.8 Å². The summed E-state index contributed by atoms with van der Waals surface area (Å²) in [5, 5.41) is 2.71. The second-order valence-corrected chi connectivity index (χ2v) is 6.99. The summed E-state index contributed by atoms with van der Waals surface area (Å²) in [4.78, 5) is 25.7. The Kier molecular flexibility index (Phi) is 5.26. The predicted octanol–water partition coefficient (Wildman–Crippen LogP) is 4.06. The molecule has 2 amide bonds. The standard InChI is InChI=1S/C20H23FN2O2/c1-14-6-8-15(9-7-14)18(24)22(5)23(20(2,3)4)19(25)16-10-12-17(21)13-11-16/h6-13H,1-5H3. The lowest BCUT2D eigenvalue weighted by Crippen LogP contribution is -2.56. The van der Waals surface area contributed by atoms with E-state index in [1.54, 1.807) is 19.2 Å². The Hall–Kier alpha value is -2.69. The summed E-state index contributed by atoms with van der Waals surface area (Å²) in [6.45, 7) is 7.46. The number of amides is 2. The van der Waals surface area contributed by atoms with Crippen molar-refractivity contribution < 1.29 is 14.0 Å². The van der Waals surface area contributed by atoms with Crippen LogP contribution in [0.25, 0.3) is 0 Å². The number of nitrogens with zero attached hydrogens (tertiary/aromatic N) is 2. The van der Waals surface area contributed by atoms with Crippen molar-refractivity contribution in [3.05, 3.63) is 71.0 Å². The van der Waals surface area contributed by atoms with Gasteiger partial charge in [0.15, 0.2) is 0 Å². The molecule has 0 aliphatic rings. The maximum Gasteiger partial charge on any atom is 0.272 e. The van der Waals surface area contributed by atoms with Gasteiger partial charge in [-0.05, 0) is 64.1 Å². The summed E-state index contributed by atoms with van der Waals surface area (Å²) in [5.41, 5.74) is 1.23. The van der Waals surface area contributed by atoms with E-state index in [2.05, 4.69) is 0 Å². The molecule has 0 aliphatic heterocycles. The first-order valence-corrected chi connectivity index (χ1v) is 8.06. The van der Waals surface area contributed by atoms with Gasteiger partial charge in [0.05, 0.1) is 5.54 Å². The minimum Gasteiger partial charge on any atom is -0.267 e. The first-order valence-electron chi connectivity index (χ1n) is 8.06. The molecule has 0 saturated heterocycles. The lowest BCUT2D eigenvalue weighted by molar-refractivity contribution is -0.0308. The van der Waals surface area contributed by atoms with Crippen molar-refractivity contribution in [2.24, 2.45) is 0 Å². The molecule has 0 N–H and O–H groups in total. The summed E-state index contributed by atoms with van der Waals surface area (Å²) < 4.78 is 13.1. The van der Waals surface area contributed by atoms with Crippen molar-refractivity contribution in [1.29, 1.82) is 0 Å². The molecule has 0 radical (unpaired) electrons. The van der Waals surface area contributed by atoms with Gasteiger partial charge in [0.1, 0.15) is 5.82 Å². The van der Waals surface area contributed by atoms with Gasteiger partial charge < -0.3 is 0 Å². The highest BCUT2D eigenvalue weighted by Crippen LogP contribution is 2.21. The second kappa shape index (κ2) is 7.05. The number of hydrogen-bond donors (Lipinski definition) is 0. The number of hydrogen-bond acceptors (Lipinski definition) is 2. The van der Waals surface area contributed by atoms with Crippen molar-refractivity contribution in [2.45, 2.75) is 33.2 Å². The monoisotopic (exact) mass is 342 g/mol. The van der Waals surface area contributed by atoms with E-state index in [1.807, 2.05) is 39.8 Å². The van der Waals surface area contributed by atoms with Gasteiger partial charge in [0, 0.05) is 18.2 Å². The second-order valence-electron chi connectivity index (χ2n) is 6.99. The molecule has 0 fully saturated rings. The third-order valence-electron chi connectivity index (χ3n) is 3.81. The highest BCUT2D eigenvalue weighted by Gasteiger charge is 2.33. The molecule has 0 aromatic heterocycles. The van der Waals surface area contributed by atoms with E-state index in [4.69, 9.17) is 0 Å². The summed E-state index contributed by atoms with van der Waals surface area (Å²) >= 11 is 0. The fraction of sp³-hybridized carbons (Fsp3) is 0.300. The van der Waals surface area contributed by atoms with Crippen LogP contribution in [-0.4, -0.2) is 34.4 Å². The molecule has 4 nitrogen and oxygen atoms in total. The number of halogens is 1. The largest absolute Gasteiger partial charge is 0.272 e. The number of rotatable bonds is 2. The molecule has 5 heteroatoms. The van der Waals surface area contributed by atoms with Crippen LogP contribution in [0.3, 0.4) is 0 Å². The van der Waals surface area contributed by atoms with E-state index < -0.39 is 11.4 Å². The Morgan fingerprint density at radius 3 is 1.76 bits per heavy atom. The van der Waals surface area contributed by atoms with Gasteiger partial charge in [-0.2, -0.15) is 0 Å². The quantitative estimate of drug-likeness (QED) is 0.772.